The van der Waals surface area contributed by atoms with Crippen LogP contribution in [0.1, 0.15) is 12.0 Å². The minimum absolute atomic E-state index is 0.0638. The van der Waals surface area contributed by atoms with Crippen molar-refractivity contribution in [2.24, 2.45) is 5.73 Å². The molecule has 0 aromatic heterocycles. The molecule has 0 spiro atoms. The number of benzene rings is 1. The average Bonchev–Trinajstić information content (AvgIpc) is 2.38. The number of nitrogens with two attached hydrogens (primary N) is 1. The summed E-state index contributed by atoms with van der Waals surface area (Å²) in [6, 6.07) is 6.93. The van der Waals surface area contributed by atoms with Crippen molar-refractivity contribution in [3.63, 3.8) is 0 Å². The number of hydrogen-bond donors (Lipinski definition) is 3. The Labute approximate surface area is 107 Å². The van der Waals surface area contributed by atoms with Gasteiger partial charge in [0.15, 0.2) is 0 Å². The van der Waals surface area contributed by atoms with Gasteiger partial charge in [-0.25, -0.2) is 0 Å². The van der Waals surface area contributed by atoms with Gasteiger partial charge >= 0.3 is 0 Å². The van der Waals surface area contributed by atoms with E-state index in [-0.39, 0.29) is 24.2 Å². The number of phenolic OH excluding ortho intramolecular Hbond substituents is 1. The SMILES string of the molecule is COC(CN)CC(=O)NCCc1ccc(O)cc1. The fourth-order valence-electron chi connectivity index (χ4n) is 1.55. The molecule has 100 valence electrons. The van der Waals surface area contributed by atoms with Crippen LogP contribution in [0, 0.1) is 0 Å². The van der Waals surface area contributed by atoms with Gasteiger partial charge in [-0.3, -0.25) is 4.79 Å². The number of carbonyl (C=O) groups excluding carboxylic acids is 1. The molecule has 1 amide bonds. The van der Waals surface area contributed by atoms with Crippen molar-refractivity contribution in [2.45, 2.75) is 18.9 Å². The molecule has 5 heteroatoms. The van der Waals surface area contributed by atoms with E-state index in [0.29, 0.717) is 13.1 Å². The second-order valence-electron chi connectivity index (χ2n) is 4.06. The average molecular weight is 252 g/mol. The molecule has 0 bridgehead atoms. The van der Waals surface area contributed by atoms with Crippen molar-refractivity contribution in [3.05, 3.63) is 29.8 Å². The fraction of sp³-hybridized carbons (Fsp3) is 0.462. The highest BCUT2D eigenvalue weighted by Crippen LogP contribution is 2.09. The summed E-state index contributed by atoms with van der Waals surface area (Å²) in [5.41, 5.74) is 6.50. The zero-order chi connectivity index (χ0) is 13.4. The van der Waals surface area contributed by atoms with Crippen LogP contribution in [0.5, 0.6) is 5.75 Å². The fourth-order valence-corrected chi connectivity index (χ4v) is 1.55. The van der Waals surface area contributed by atoms with Gasteiger partial charge in [-0.15, -0.1) is 0 Å². The third-order valence-electron chi connectivity index (χ3n) is 2.68. The highest BCUT2D eigenvalue weighted by atomic mass is 16.5. The summed E-state index contributed by atoms with van der Waals surface area (Å²) in [7, 11) is 1.54. The predicted molar refractivity (Wildman–Crippen MR) is 69.3 cm³/mol. The first-order valence-electron chi connectivity index (χ1n) is 5.93. The van der Waals surface area contributed by atoms with E-state index >= 15 is 0 Å². The van der Waals surface area contributed by atoms with Crippen molar-refractivity contribution in [3.8, 4) is 5.75 Å². The van der Waals surface area contributed by atoms with Crippen molar-refractivity contribution in [2.75, 3.05) is 20.2 Å². The summed E-state index contributed by atoms with van der Waals surface area (Å²) < 4.78 is 5.03. The Hall–Kier alpha value is -1.59. The number of amides is 1. The summed E-state index contributed by atoms with van der Waals surface area (Å²) in [6.07, 6.45) is 0.785. The maximum atomic E-state index is 11.5. The molecule has 1 unspecified atom stereocenters. The largest absolute Gasteiger partial charge is 0.508 e. The quantitative estimate of drug-likeness (QED) is 0.656. The summed E-state index contributed by atoms with van der Waals surface area (Å²) >= 11 is 0. The number of ether oxygens (including phenoxy) is 1. The first-order valence-corrected chi connectivity index (χ1v) is 5.93. The van der Waals surface area contributed by atoms with E-state index < -0.39 is 0 Å². The van der Waals surface area contributed by atoms with Crippen LogP contribution in [-0.4, -0.2) is 37.3 Å². The molecule has 0 radical (unpaired) electrons. The smallest absolute Gasteiger partial charge is 0.222 e. The van der Waals surface area contributed by atoms with Crippen LogP contribution in [0.4, 0.5) is 0 Å². The number of hydrogen-bond acceptors (Lipinski definition) is 4. The van der Waals surface area contributed by atoms with E-state index in [0.717, 1.165) is 12.0 Å². The van der Waals surface area contributed by atoms with Gasteiger partial charge in [0, 0.05) is 20.2 Å². The molecule has 5 nitrogen and oxygen atoms in total. The van der Waals surface area contributed by atoms with Crippen LogP contribution in [0.2, 0.25) is 0 Å². The van der Waals surface area contributed by atoms with E-state index in [1.54, 1.807) is 19.2 Å². The van der Waals surface area contributed by atoms with Crippen LogP contribution in [0.3, 0.4) is 0 Å². The van der Waals surface area contributed by atoms with E-state index in [9.17, 15) is 4.79 Å². The normalized spacial score (nSPS) is 12.1. The van der Waals surface area contributed by atoms with Gasteiger partial charge in [0.25, 0.3) is 0 Å². The Balaban J connectivity index is 2.25. The molecule has 0 saturated heterocycles. The first-order chi connectivity index (χ1) is 8.65. The molecule has 1 atom stereocenters. The number of carbonyl (C=O) groups is 1. The molecular weight excluding hydrogens is 232 g/mol. The van der Waals surface area contributed by atoms with Gasteiger partial charge in [-0.05, 0) is 24.1 Å². The summed E-state index contributed by atoms with van der Waals surface area (Å²) in [6.45, 7) is 0.895. The van der Waals surface area contributed by atoms with Crippen LogP contribution in [0.25, 0.3) is 0 Å². The molecule has 1 aromatic rings. The maximum absolute atomic E-state index is 11.5. The van der Waals surface area contributed by atoms with E-state index in [4.69, 9.17) is 15.6 Å². The van der Waals surface area contributed by atoms with Crippen LogP contribution in [-0.2, 0) is 16.0 Å². The van der Waals surface area contributed by atoms with Gasteiger partial charge < -0.3 is 20.9 Å². The van der Waals surface area contributed by atoms with Crippen molar-refractivity contribution in [1.29, 1.82) is 0 Å². The van der Waals surface area contributed by atoms with E-state index in [1.807, 2.05) is 12.1 Å². The van der Waals surface area contributed by atoms with Gasteiger partial charge in [0.1, 0.15) is 5.75 Å². The Bertz CT molecular complexity index is 361. The lowest BCUT2D eigenvalue weighted by Gasteiger charge is -2.12. The minimum atomic E-state index is -0.223. The molecule has 1 rings (SSSR count). The number of methoxy groups -OCH3 is 1. The Morgan fingerprint density at radius 2 is 2.11 bits per heavy atom. The topological polar surface area (TPSA) is 84.6 Å². The lowest BCUT2D eigenvalue weighted by molar-refractivity contribution is -0.123. The standard InChI is InChI=1S/C13H20N2O3/c1-18-12(9-14)8-13(17)15-7-6-10-2-4-11(16)5-3-10/h2-5,12,16H,6-9,14H2,1H3,(H,15,17). The van der Waals surface area contributed by atoms with Crippen molar-refractivity contribution in [1.82, 2.24) is 5.32 Å². The molecule has 1 aromatic carbocycles. The Morgan fingerprint density at radius 1 is 1.44 bits per heavy atom. The van der Waals surface area contributed by atoms with Gasteiger partial charge in [-0.1, -0.05) is 12.1 Å². The maximum Gasteiger partial charge on any atom is 0.222 e. The Kier molecular flexibility index (Phi) is 6.18. The Morgan fingerprint density at radius 3 is 2.67 bits per heavy atom. The molecule has 18 heavy (non-hydrogen) atoms. The highest BCUT2D eigenvalue weighted by molar-refractivity contribution is 5.76. The lowest BCUT2D eigenvalue weighted by atomic mass is 10.1. The van der Waals surface area contributed by atoms with Gasteiger partial charge in [0.2, 0.25) is 5.91 Å². The third kappa shape index (κ3) is 5.16. The zero-order valence-corrected chi connectivity index (χ0v) is 10.6. The molecular formula is C13H20N2O3. The summed E-state index contributed by atoms with van der Waals surface area (Å²) in [4.78, 5) is 11.5. The second kappa shape index (κ2) is 7.68. The third-order valence-corrected chi connectivity index (χ3v) is 2.68. The van der Waals surface area contributed by atoms with Gasteiger partial charge in [0.05, 0.1) is 12.5 Å². The predicted octanol–water partition coefficient (Wildman–Crippen LogP) is 0.415. The number of rotatable bonds is 7. The van der Waals surface area contributed by atoms with Gasteiger partial charge in [-0.2, -0.15) is 0 Å². The number of nitrogens with one attached hydrogen (secondary N) is 1. The van der Waals surface area contributed by atoms with Crippen LogP contribution in [0.15, 0.2) is 24.3 Å². The van der Waals surface area contributed by atoms with E-state index in [1.165, 1.54) is 0 Å². The van der Waals surface area contributed by atoms with Crippen molar-refractivity contribution >= 4 is 5.91 Å². The van der Waals surface area contributed by atoms with E-state index in [2.05, 4.69) is 5.32 Å². The van der Waals surface area contributed by atoms with Crippen molar-refractivity contribution < 1.29 is 14.6 Å². The zero-order valence-electron chi connectivity index (χ0n) is 10.6. The molecule has 0 heterocycles. The number of phenols is 1. The first kappa shape index (κ1) is 14.5. The summed E-state index contributed by atoms with van der Waals surface area (Å²) in [5, 5.41) is 11.9. The molecule has 0 aliphatic carbocycles. The summed E-state index contributed by atoms with van der Waals surface area (Å²) in [5.74, 6) is 0.180. The lowest BCUT2D eigenvalue weighted by Crippen LogP contribution is -2.33. The second-order valence-corrected chi connectivity index (χ2v) is 4.06. The minimum Gasteiger partial charge on any atom is -0.508 e. The molecule has 0 fully saturated rings. The molecule has 0 aliphatic heterocycles. The molecule has 4 N–H and O–H groups in total. The van der Waals surface area contributed by atoms with Crippen LogP contribution < -0.4 is 11.1 Å². The molecule has 0 aliphatic rings. The highest BCUT2D eigenvalue weighted by Gasteiger charge is 2.10. The monoisotopic (exact) mass is 252 g/mol. The molecule has 0 saturated carbocycles. The van der Waals surface area contributed by atoms with Crippen LogP contribution >= 0.6 is 0 Å². The number of aromatic hydroxyl groups is 1.